The van der Waals surface area contributed by atoms with Crippen LogP contribution in [0.4, 0.5) is 14.9 Å². The molecule has 3 N–H and O–H groups in total. The summed E-state index contributed by atoms with van der Waals surface area (Å²) in [4.78, 5) is 16.0. The highest BCUT2D eigenvalue weighted by atomic mass is 32.2. The molecule has 0 bridgehead atoms. The molecule has 41 heavy (non-hydrogen) atoms. The van der Waals surface area contributed by atoms with Crippen LogP contribution in [-0.2, 0) is 22.0 Å². The van der Waals surface area contributed by atoms with E-state index in [1.165, 1.54) is 12.1 Å². The molecule has 1 heterocycles. The molecule has 4 aromatic carbocycles. The van der Waals surface area contributed by atoms with E-state index >= 15 is 0 Å². The first-order valence-electron chi connectivity index (χ1n) is 13.0. The largest absolute Gasteiger partial charge is 0.414 e. The van der Waals surface area contributed by atoms with E-state index in [0.29, 0.717) is 27.7 Å². The number of nitrogens with one attached hydrogen (secondary N) is 3. The Balaban J connectivity index is 1.44. The molecule has 5 rings (SSSR count). The summed E-state index contributed by atoms with van der Waals surface area (Å²) in [7, 11) is -3.85. The number of ether oxygens (including phenoxy) is 1. The Kier molecular flexibility index (Phi) is 7.55. The van der Waals surface area contributed by atoms with Crippen molar-refractivity contribution >= 4 is 32.7 Å². The molecule has 0 atom stereocenters. The first kappa shape index (κ1) is 27.9. The molecule has 0 radical (unpaired) electrons. The van der Waals surface area contributed by atoms with Crippen molar-refractivity contribution < 1.29 is 22.3 Å². The molecular weight excluding hydrogens is 541 g/mol. The molecular formula is C32H30FN3O4S. The van der Waals surface area contributed by atoms with Gasteiger partial charge in [-0.3, -0.25) is 4.72 Å². The predicted octanol–water partition coefficient (Wildman–Crippen LogP) is 7.36. The number of aromatic nitrogens is 1. The zero-order valence-corrected chi connectivity index (χ0v) is 23.7. The molecule has 0 aliphatic rings. The van der Waals surface area contributed by atoms with Gasteiger partial charge in [-0.15, -0.1) is 0 Å². The Hall–Kier alpha value is -4.63. The summed E-state index contributed by atoms with van der Waals surface area (Å²) >= 11 is 0. The topological polar surface area (TPSA) is 100 Å². The van der Waals surface area contributed by atoms with Crippen LogP contribution in [0, 0.1) is 5.82 Å². The zero-order valence-electron chi connectivity index (χ0n) is 22.9. The van der Waals surface area contributed by atoms with Gasteiger partial charge in [0.15, 0.2) is 0 Å². The second-order valence-electron chi connectivity index (χ2n) is 10.7. The third kappa shape index (κ3) is 6.41. The molecule has 1 amide bonds. The van der Waals surface area contributed by atoms with E-state index in [9.17, 15) is 17.6 Å². The minimum atomic E-state index is -3.85. The van der Waals surface area contributed by atoms with E-state index in [2.05, 4.69) is 35.8 Å². The Morgan fingerprint density at radius 1 is 0.902 bits per heavy atom. The molecule has 210 valence electrons. The predicted molar refractivity (Wildman–Crippen MR) is 159 cm³/mol. The lowest BCUT2D eigenvalue weighted by atomic mass is 9.87. The van der Waals surface area contributed by atoms with Crippen LogP contribution in [0.3, 0.4) is 0 Å². The van der Waals surface area contributed by atoms with Crippen molar-refractivity contribution in [2.45, 2.75) is 37.6 Å². The van der Waals surface area contributed by atoms with E-state index < -0.39 is 21.9 Å². The van der Waals surface area contributed by atoms with Crippen LogP contribution in [0.25, 0.3) is 22.0 Å². The second kappa shape index (κ2) is 11.1. The van der Waals surface area contributed by atoms with Gasteiger partial charge in [-0.2, -0.15) is 0 Å². The van der Waals surface area contributed by atoms with Crippen molar-refractivity contribution in [2.75, 3.05) is 4.72 Å². The van der Waals surface area contributed by atoms with Crippen LogP contribution in [-0.4, -0.2) is 19.5 Å². The number of rotatable bonds is 7. The molecule has 0 aliphatic heterocycles. The number of H-pyrrole nitrogens is 1. The summed E-state index contributed by atoms with van der Waals surface area (Å²) in [6.07, 6.45) is -0.724. The lowest BCUT2D eigenvalue weighted by Gasteiger charge is -2.19. The van der Waals surface area contributed by atoms with Gasteiger partial charge < -0.3 is 15.0 Å². The monoisotopic (exact) mass is 571 g/mol. The van der Waals surface area contributed by atoms with Crippen LogP contribution in [0.1, 0.15) is 31.9 Å². The number of anilines is 1. The number of hydrogen-bond donors (Lipinski definition) is 3. The van der Waals surface area contributed by atoms with Crippen molar-refractivity contribution in [1.82, 2.24) is 10.3 Å². The number of amides is 1. The third-order valence-corrected chi connectivity index (χ3v) is 8.03. The normalized spacial score (nSPS) is 11.8. The van der Waals surface area contributed by atoms with Gasteiger partial charge in [0.25, 0.3) is 10.0 Å². The smallest absolute Gasteiger partial charge is 0.393 e. The standard InChI is InChI=1S/C32H30FN3O4S/c1-32(2,3)23-12-15-26(16-13-23)41(38,39)36-25-14-17-28-27(19-25)29(22-9-5-4-6-10-22)30(35-28)40-31(37)34-20-21-8-7-11-24(33)18-21/h4-19,35-36H,20H2,1-3H3,(H,34,37). The number of carbonyl (C=O) groups excluding carboxylic acids is 1. The highest BCUT2D eigenvalue weighted by Crippen LogP contribution is 2.39. The van der Waals surface area contributed by atoms with Crippen LogP contribution in [0.2, 0.25) is 0 Å². The molecule has 0 saturated heterocycles. The van der Waals surface area contributed by atoms with Crippen molar-refractivity contribution in [3.8, 4) is 17.0 Å². The number of sulfonamides is 1. The molecule has 5 aromatic rings. The Morgan fingerprint density at radius 3 is 2.32 bits per heavy atom. The molecule has 7 nitrogen and oxygen atoms in total. The Morgan fingerprint density at radius 2 is 1.63 bits per heavy atom. The molecule has 0 spiro atoms. The van der Waals surface area contributed by atoms with Crippen molar-refractivity contribution in [3.05, 3.63) is 114 Å². The summed E-state index contributed by atoms with van der Waals surface area (Å²) in [6.45, 7) is 6.28. The van der Waals surface area contributed by atoms with Gasteiger partial charge in [0.1, 0.15) is 5.82 Å². The fourth-order valence-electron chi connectivity index (χ4n) is 4.50. The molecule has 0 unspecified atom stereocenters. The average Bonchev–Trinajstić information content (AvgIpc) is 3.28. The minimum Gasteiger partial charge on any atom is -0.393 e. The van der Waals surface area contributed by atoms with Crippen LogP contribution < -0.4 is 14.8 Å². The fourth-order valence-corrected chi connectivity index (χ4v) is 5.55. The van der Waals surface area contributed by atoms with E-state index in [4.69, 9.17) is 4.74 Å². The number of hydrogen-bond acceptors (Lipinski definition) is 4. The number of carbonyl (C=O) groups is 1. The molecule has 0 saturated carbocycles. The van der Waals surface area contributed by atoms with Gasteiger partial charge in [0, 0.05) is 23.1 Å². The second-order valence-corrected chi connectivity index (χ2v) is 12.4. The summed E-state index contributed by atoms with van der Waals surface area (Å²) in [5.74, 6) is -0.200. The third-order valence-electron chi connectivity index (χ3n) is 6.63. The van der Waals surface area contributed by atoms with Gasteiger partial charge >= 0.3 is 6.09 Å². The average molecular weight is 572 g/mol. The van der Waals surface area contributed by atoms with Gasteiger partial charge in [0.05, 0.1) is 10.5 Å². The van der Waals surface area contributed by atoms with E-state index in [-0.39, 0.29) is 22.7 Å². The lowest BCUT2D eigenvalue weighted by molar-refractivity contribution is 0.198. The summed E-state index contributed by atoms with van der Waals surface area (Å²) in [6, 6.07) is 27.1. The van der Waals surface area contributed by atoms with Crippen molar-refractivity contribution in [2.24, 2.45) is 0 Å². The lowest BCUT2D eigenvalue weighted by Crippen LogP contribution is -2.26. The van der Waals surface area contributed by atoms with Crippen molar-refractivity contribution in [1.29, 1.82) is 0 Å². The molecule has 0 fully saturated rings. The van der Waals surface area contributed by atoms with E-state index in [0.717, 1.165) is 11.1 Å². The Bertz CT molecular complexity index is 1810. The quantitative estimate of drug-likeness (QED) is 0.190. The summed E-state index contributed by atoms with van der Waals surface area (Å²) < 4.78 is 48.2. The van der Waals surface area contributed by atoms with Crippen LogP contribution in [0.5, 0.6) is 5.88 Å². The van der Waals surface area contributed by atoms with Crippen LogP contribution in [0.15, 0.2) is 102 Å². The summed E-state index contributed by atoms with van der Waals surface area (Å²) in [5, 5.41) is 3.29. The number of aromatic amines is 1. The SMILES string of the molecule is CC(C)(C)c1ccc(S(=O)(=O)Nc2ccc3[nH]c(OC(=O)NCc4cccc(F)c4)c(-c4ccccc4)c3c2)cc1. The molecule has 1 aromatic heterocycles. The maximum Gasteiger partial charge on any atom is 0.414 e. The highest BCUT2D eigenvalue weighted by Gasteiger charge is 2.21. The van der Waals surface area contributed by atoms with Gasteiger partial charge in [0.2, 0.25) is 5.88 Å². The number of halogens is 1. The first-order chi connectivity index (χ1) is 19.5. The maximum absolute atomic E-state index is 13.5. The molecule has 0 aliphatic carbocycles. The molecule has 9 heteroatoms. The van der Waals surface area contributed by atoms with Crippen LogP contribution >= 0.6 is 0 Å². The highest BCUT2D eigenvalue weighted by molar-refractivity contribution is 7.92. The van der Waals surface area contributed by atoms with Gasteiger partial charge in [-0.1, -0.05) is 75.4 Å². The fraction of sp³-hybridized carbons (Fsp3) is 0.156. The maximum atomic E-state index is 13.5. The number of benzene rings is 4. The summed E-state index contributed by atoms with van der Waals surface area (Å²) in [5.41, 5.74) is 3.89. The number of fused-ring (bicyclic) bond motifs is 1. The zero-order chi connectivity index (χ0) is 29.2. The van der Waals surface area contributed by atoms with Gasteiger partial charge in [-0.05, 0) is 64.6 Å². The van der Waals surface area contributed by atoms with E-state index in [1.807, 2.05) is 42.5 Å². The van der Waals surface area contributed by atoms with Crippen molar-refractivity contribution in [3.63, 3.8) is 0 Å². The first-order valence-corrected chi connectivity index (χ1v) is 14.5. The Labute approximate surface area is 238 Å². The minimum absolute atomic E-state index is 0.0835. The van der Waals surface area contributed by atoms with Gasteiger partial charge in [-0.25, -0.2) is 17.6 Å². The van der Waals surface area contributed by atoms with E-state index in [1.54, 1.807) is 42.5 Å².